The van der Waals surface area contributed by atoms with Crippen LogP contribution in [-0.2, 0) is 0 Å². The van der Waals surface area contributed by atoms with Gasteiger partial charge in [-0.15, -0.1) is 0 Å². The molecule has 0 fully saturated rings. The van der Waals surface area contributed by atoms with Gasteiger partial charge in [0.2, 0.25) is 0 Å². The molecule has 0 aromatic carbocycles. The second kappa shape index (κ2) is 14.1. The fourth-order valence-electron chi connectivity index (χ4n) is 4.32. The minimum Gasteiger partial charge on any atom is -0.293 e. The standard InChI is InChI=1S/C24H51N/c1-8-11-14-15-16-17-18-19-22-25(23(4,5)20-12-9-2)24(6,7)21-13-10-3/h8-22H2,1-7H3. The third kappa shape index (κ3) is 11.3. The fraction of sp³-hybridized carbons (Fsp3) is 1.00. The monoisotopic (exact) mass is 353 g/mol. The van der Waals surface area contributed by atoms with Crippen molar-refractivity contribution < 1.29 is 0 Å². The Morgan fingerprint density at radius 3 is 1.24 bits per heavy atom. The Morgan fingerprint density at radius 1 is 0.480 bits per heavy atom. The lowest BCUT2D eigenvalue weighted by Crippen LogP contribution is -2.55. The van der Waals surface area contributed by atoms with E-state index in [9.17, 15) is 0 Å². The van der Waals surface area contributed by atoms with Crippen LogP contribution in [-0.4, -0.2) is 22.5 Å². The van der Waals surface area contributed by atoms with Crippen LogP contribution in [0.2, 0.25) is 0 Å². The highest BCUT2D eigenvalue weighted by atomic mass is 15.2. The normalized spacial score (nSPS) is 13.0. The predicted molar refractivity (Wildman–Crippen MR) is 117 cm³/mol. The molecule has 0 aliphatic rings. The van der Waals surface area contributed by atoms with E-state index in [1.807, 2.05) is 0 Å². The molecule has 0 aromatic heterocycles. The van der Waals surface area contributed by atoms with Gasteiger partial charge in [-0.3, -0.25) is 4.90 Å². The zero-order chi connectivity index (χ0) is 19.2. The second-order valence-electron chi connectivity index (χ2n) is 9.46. The molecule has 0 radical (unpaired) electrons. The van der Waals surface area contributed by atoms with Crippen molar-refractivity contribution in [2.24, 2.45) is 0 Å². The van der Waals surface area contributed by atoms with Crippen molar-refractivity contribution in [2.45, 2.75) is 149 Å². The molecule has 0 aliphatic carbocycles. The van der Waals surface area contributed by atoms with E-state index in [-0.39, 0.29) is 0 Å². The third-order valence-electron chi connectivity index (χ3n) is 5.98. The third-order valence-corrected chi connectivity index (χ3v) is 5.98. The molecule has 1 heteroatoms. The zero-order valence-electron chi connectivity index (χ0n) is 19.1. The smallest absolute Gasteiger partial charge is 0.0158 e. The first kappa shape index (κ1) is 25.0. The molecule has 0 N–H and O–H groups in total. The molecular formula is C24H51N. The van der Waals surface area contributed by atoms with E-state index in [4.69, 9.17) is 0 Å². The van der Waals surface area contributed by atoms with E-state index >= 15 is 0 Å². The van der Waals surface area contributed by atoms with Crippen LogP contribution in [0, 0.1) is 0 Å². The molecule has 152 valence electrons. The Bertz CT molecular complexity index is 272. The van der Waals surface area contributed by atoms with Crippen molar-refractivity contribution in [3.8, 4) is 0 Å². The molecule has 25 heavy (non-hydrogen) atoms. The maximum Gasteiger partial charge on any atom is 0.0158 e. The largest absolute Gasteiger partial charge is 0.293 e. The number of rotatable bonds is 17. The van der Waals surface area contributed by atoms with Crippen molar-refractivity contribution >= 4 is 0 Å². The van der Waals surface area contributed by atoms with Crippen LogP contribution in [0.4, 0.5) is 0 Å². The molecule has 0 heterocycles. The van der Waals surface area contributed by atoms with Crippen LogP contribution >= 0.6 is 0 Å². The summed E-state index contributed by atoms with van der Waals surface area (Å²) in [4.78, 5) is 2.86. The quantitative estimate of drug-likeness (QED) is 0.237. The molecule has 0 saturated heterocycles. The Hall–Kier alpha value is -0.0400. The van der Waals surface area contributed by atoms with Crippen molar-refractivity contribution in [3.63, 3.8) is 0 Å². The Labute approximate surface area is 161 Å². The van der Waals surface area contributed by atoms with Gasteiger partial charge in [0.15, 0.2) is 0 Å². The van der Waals surface area contributed by atoms with Gasteiger partial charge in [-0.1, -0.05) is 91.4 Å². The summed E-state index contributed by atoms with van der Waals surface area (Å²) >= 11 is 0. The summed E-state index contributed by atoms with van der Waals surface area (Å²) < 4.78 is 0. The minimum absolute atomic E-state index is 0.328. The van der Waals surface area contributed by atoms with Crippen molar-refractivity contribution in [2.75, 3.05) is 6.54 Å². The van der Waals surface area contributed by atoms with E-state index in [1.165, 1.54) is 96.4 Å². The lowest BCUT2D eigenvalue weighted by atomic mass is 9.85. The van der Waals surface area contributed by atoms with Gasteiger partial charge in [0.1, 0.15) is 0 Å². The van der Waals surface area contributed by atoms with Crippen LogP contribution < -0.4 is 0 Å². The summed E-state index contributed by atoms with van der Waals surface area (Å²) in [5.74, 6) is 0. The number of nitrogens with zero attached hydrogens (tertiary/aromatic N) is 1. The van der Waals surface area contributed by atoms with Gasteiger partial charge in [-0.2, -0.15) is 0 Å². The highest BCUT2D eigenvalue weighted by Gasteiger charge is 2.36. The average Bonchev–Trinajstić information content (AvgIpc) is 2.56. The van der Waals surface area contributed by atoms with E-state index in [0.717, 1.165) is 0 Å². The maximum absolute atomic E-state index is 2.86. The molecule has 1 nitrogen and oxygen atoms in total. The molecular weight excluding hydrogens is 302 g/mol. The van der Waals surface area contributed by atoms with Crippen LogP contribution in [0.15, 0.2) is 0 Å². The molecule has 0 saturated carbocycles. The van der Waals surface area contributed by atoms with Crippen LogP contribution in [0.25, 0.3) is 0 Å². The van der Waals surface area contributed by atoms with Crippen LogP contribution in [0.3, 0.4) is 0 Å². The average molecular weight is 354 g/mol. The van der Waals surface area contributed by atoms with Gasteiger partial charge in [-0.25, -0.2) is 0 Å². The van der Waals surface area contributed by atoms with Gasteiger partial charge in [0, 0.05) is 11.1 Å². The molecule has 0 spiro atoms. The molecule has 0 rings (SSSR count). The number of hydrogen-bond acceptors (Lipinski definition) is 1. The van der Waals surface area contributed by atoms with Gasteiger partial charge in [-0.05, 0) is 53.5 Å². The predicted octanol–water partition coefficient (Wildman–Crippen LogP) is 8.37. The van der Waals surface area contributed by atoms with E-state index in [1.54, 1.807) is 0 Å². The zero-order valence-corrected chi connectivity index (χ0v) is 19.1. The fourth-order valence-corrected chi connectivity index (χ4v) is 4.32. The van der Waals surface area contributed by atoms with Crippen molar-refractivity contribution in [1.29, 1.82) is 0 Å². The Morgan fingerprint density at radius 2 is 0.840 bits per heavy atom. The second-order valence-corrected chi connectivity index (χ2v) is 9.46. The van der Waals surface area contributed by atoms with E-state index in [2.05, 4.69) is 53.4 Å². The summed E-state index contributed by atoms with van der Waals surface area (Å²) in [7, 11) is 0. The van der Waals surface area contributed by atoms with Gasteiger partial charge >= 0.3 is 0 Å². The molecule has 0 atom stereocenters. The van der Waals surface area contributed by atoms with Gasteiger partial charge < -0.3 is 0 Å². The first-order chi connectivity index (χ1) is 11.8. The molecule has 0 amide bonds. The van der Waals surface area contributed by atoms with E-state index in [0.29, 0.717) is 11.1 Å². The molecule has 0 unspecified atom stereocenters. The van der Waals surface area contributed by atoms with Gasteiger partial charge in [0.25, 0.3) is 0 Å². The summed E-state index contributed by atoms with van der Waals surface area (Å²) in [5.41, 5.74) is 0.656. The van der Waals surface area contributed by atoms with Crippen molar-refractivity contribution in [1.82, 2.24) is 4.90 Å². The highest BCUT2D eigenvalue weighted by Crippen LogP contribution is 2.33. The lowest BCUT2D eigenvalue weighted by Gasteiger charge is -2.49. The first-order valence-corrected chi connectivity index (χ1v) is 11.6. The van der Waals surface area contributed by atoms with Crippen LogP contribution in [0.5, 0.6) is 0 Å². The summed E-state index contributed by atoms with van der Waals surface area (Å²) in [6, 6.07) is 0. The topological polar surface area (TPSA) is 3.24 Å². The molecule has 0 aliphatic heterocycles. The van der Waals surface area contributed by atoms with Crippen LogP contribution in [0.1, 0.15) is 138 Å². The minimum atomic E-state index is 0.328. The van der Waals surface area contributed by atoms with Gasteiger partial charge in [0.05, 0.1) is 0 Å². The SMILES string of the molecule is CCCCCCCCCCN(C(C)(C)CCCC)C(C)(C)CCCC. The molecule has 0 aromatic rings. The highest BCUT2D eigenvalue weighted by molar-refractivity contribution is 4.92. The van der Waals surface area contributed by atoms with E-state index < -0.39 is 0 Å². The lowest BCUT2D eigenvalue weighted by molar-refractivity contribution is 0.00199. The molecule has 0 bridgehead atoms. The number of hydrogen-bond donors (Lipinski definition) is 0. The maximum atomic E-state index is 2.86. The number of unbranched alkanes of at least 4 members (excludes halogenated alkanes) is 9. The summed E-state index contributed by atoms with van der Waals surface area (Å²) in [6.45, 7) is 18.2. The van der Waals surface area contributed by atoms with Crippen molar-refractivity contribution in [3.05, 3.63) is 0 Å². The summed E-state index contributed by atoms with van der Waals surface area (Å²) in [6.07, 6.45) is 19.3. The Kier molecular flexibility index (Phi) is 14.0. The first-order valence-electron chi connectivity index (χ1n) is 11.6. The Balaban J connectivity index is 4.49. The summed E-state index contributed by atoms with van der Waals surface area (Å²) in [5, 5.41) is 0.